The second kappa shape index (κ2) is 5.85. The van der Waals surface area contributed by atoms with E-state index in [0.717, 1.165) is 3.57 Å². The van der Waals surface area contributed by atoms with Crippen LogP contribution in [0.5, 0.6) is 0 Å². The van der Waals surface area contributed by atoms with Gasteiger partial charge in [-0.2, -0.15) is 0 Å². The van der Waals surface area contributed by atoms with Crippen LogP contribution in [0.3, 0.4) is 0 Å². The van der Waals surface area contributed by atoms with E-state index >= 15 is 0 Å². The highest BCUT2D eigenvalue weighted by Gasteiger charge is 2.14. The first-order chi connectivity index (χ1) is 7.95. The van der Waals surface area contributed by atoms with Crippen molar-refractivity contribution in [2.45, 2.75) is 0 Å². The smallest absolute Gasteiger partial charge is 0.340 e. The van der Waals surface area contributed by atoms with Crippen molar-refractivity contribution in [1.82, 2.24) is 4.90 Å². The van der Waals surface area contributed by atoms with Gasteiger partial charge in [0.05, 0.1) is 18.4 Å². The van der Waals surface area contributed by atoms with Gasteiger partial charge in [-0.25, -0.2) is 9.59 Å². The lowest BCUT2D eigenvalue weighted by Crippen LogP contribution is -2.28. The Morgan fingerprint density at radius 2 is 2.00 bits per heavy atom. The van der Waals surface area contributed by atoms with Gasteiger partial charge in [0.2, 0.25) is 0 Å². The summed E-state index contributed by atoms with van der Waals surface area (Å²) in [6, 6.07) is 4.85. The molecule has 2 amide bonds. The Kier molecular flexibility index (Phi) is 4.73. The quantitative estimate of drug-likeness (QED) is 0.658. The van der Waals surface area contributed by atoms with Crippen LogP contribution in [0.1, 0.15) is 10.4 Å². The van der Waals surface area contributed by atoms with E-state index in [1.54, 1.807) is 32.3 Å². The normalized spacial score (nSPS) is 9.65. The van der Waals surface area contributed by atoms with Crippen LogP contribution < -0.4 is 5.32 Å². The summed E-state index contributed by atoms with van der Waals surface area (Å²) < 4.78 is 5.56. The zero-order chi connectivity index (χ0) is 13.0. The summed E-state index contributed by atoms with van der Waals surface area (Å²) in [5, 5.41) is 2.64. The monoisotopic (exact) mass is 348 g/mol. The van der Waals surface area contributed by atoms with E-state index in [4.69, 9.17) is 0 Å². The third-order valence-corrected chi connectivity index (χ3v) is 2.71. The molecule has 0 heterocycles. The molecule has 92 valence electrons. The van der Waals surface area contributed by atoms with Gasteiger partial charge < -0.3 is 15.0 Å². The van der Waals surface area contributed by atoms with E-state index in [9.17, 15) is 9.59 Å². The van der Waals surface area contributed by atoms with Crippen molar-refractivity contribution >= 4 is 40.3 Å². The maximum absolute atomic E-state index is 11.5. The summed E-state index contributed by atoms with van der Waals surface area (Å²) in [6.07, 6.45) is 0. The third kappa shape index (κ3) is 3.58. The number of ether oxygens (including phenoxy) is 1. The zero-order valence-electron chi connectivity index (χ0n) is 9.78. The van der Waals surface area contributed by atoms with Crippen molar-refractivity contribution in [1.29, 1.82) is 0 Å². The number of urea groups is 1. The van der Waals surface area contributed by atoms with Crippen molar-refractivity contribution in [2.24, 2.45) is 0 Å². The third-order valence-electron chi connectivity index (χ3n) is 2.03. The fraction of sp³-hybridized carbons (Fsp3) is 0.273. The average molecular weight is 348 g/mol. The summed E-state index contributed by atoms with van der Waals surface area (Å²) in [5.74, 6) is -0.474. The lowest BCUT2D eigenvalue weighted by molar-refractivity contribution is 0.0602. The lowest BCUT2D eigenvalue weighted by Gasteiger charge is -2.14. The Morgan fingerprint density at radius 1 is 1.35 bits per heavy atom. The molecule has 0 radical (unpaired) electrons. The highest BCUT2D eigenvalue weighted by molar-refractivity contribution is 14.1. The van der Waals surface area contributed by atoms with E-state index in [2.05, 4.69) is 32.6 Å². The number of anilines is 1. The number of esters is 1. The van der Waals surface area contributed by atoms with Gasteiger partial charge in [0.1, 0.15) is 0 Å². The second-order valence-corrected chi connectivity index (χ2v) is 4.75. The topological polar surface area (TPSA) is 58.6 Å². The summed E-state index contributed by atoms with van der Waals surface area (Å²) in [4.78, 5) is 24.5. The number of hydrogen-bond donors (Lipinski definition) is 1. The molecule has 0 bridgehead atoms. The van der Waals surface area contributed by atoms with E-state index in [1.807, 2.05) is 0 Å². The summed E-state index contributed by atoms with van der Waals surface area (Å²) in [6.45, 7) is 0. The Balaban J connectivity index is 3.06. The van der Waals surface area contributed by atoms with Crippen LogP contribution in [-0.2, 0) is 4.74 Å². The first-order valence-electron chi connectivity index (χ1n) is 4.82. The first-order valence-corrected chi connectivity index (χ1v) is 5.89. The van der Waals surface area contributed by atoms with Gasteiger partial charge in [0, 0.05) is 17.7 Å². The molecule has 5 nitrogen and oxygen atoms in total. The highest BCUT2D eigenvalue weighted by Crippen LogP contribution is 2.20. The molecule has 0 saturated heterocycles. The van der Waals surface area contributed by atoms with Gasteiger partial charge in [0.25, 0.3) is 0 Å². The molecule has 0 aliphatic heterocycles. The minimum Gasteiger partial charge on any atom is -0.465 e. The SMILES string of the molecule is COC(=O)c1cc(I)ccc1NC(=O)N(C)C. The molecule has 0 spiro atoms. The van der Waals surface area contributed by atoms with Crippen LogP contribution in [0.15, 0.2) is 18.2 Å². The number of hydrogen-bond acceptors (Lipinski definition) is 3. The molecular weight excluding hydrogens is 335 g/mol. The van der Waals surface area contributed by atoms with Gasteiger partial charge in [-0.1, -0.05) is 0 Å². The number of nitrogens with zero attached hydrogens (tertiary/aromatic N) is 1. The molecule has 0 aliphatic rings. The molecular formula is C11H13IN2O3. The zero-order valence-corrected chi connectivity index (χ0v) is 11.9. The van der Waals surface area contributed by atoms with Crippen molar-refractivity contribution in [3.05, 3.63) is 27.3 Å². The number of methoxy groups -OCH3 is 1. The first kappa shape index (κ1) is 13.8. The van der Waals surface area contributed by atoms with Crippen molar-refractivity contribution in [3.63, 3.8) is 0 Å². The molecule has 17 heavy (non-hydrogen) atoms. The van der Waals surface area contributed by atoms with Crippen LogP contribution in [0.2, 0.25) is 0 Å². The molecule has 1 aromatic rings. The van der Waals surface area contributed by atoms with Gasteiger partial charge in [-0.05, 0) is 40.8 Å². The van der Waals surface area contributed by atoms with Crippen LogP contribution in [0.4, 0.5) is 10.5 Å². The number of halogens is 1. The predicted molar refractivity (Wildman–Crippen MR) is 73.2 cm³/mol. The van der Waals surface area contributed by atoms with Crippen LogP contribution >= 0.6 is 22.6 Å². The van der Waals surface area contributed by atoms with Gasteiger partial charge in [-0.3, -0.25) is 0 Å². The molecule has 0 unspecified atom stereocenters. The molecule has 0 saturated carbocycles. The molecule has 0 aromatic heterocycles. The molecule has 0 aliphatic carbocycles. The van der Waals surface area contributed by atoms with Crippen molar-refractivity contribution in [2.75, 3.05) is 26.5 Å². The fourth-order valence-electron chi connectivity index (χ4n) is 1.13. The summed E-state index contributed by atoms with van der Waals surface area (Å²) in [5.41, 5.74) is 0.783. The predicted octanol–water partition coefficient (Wildman–Crippen LogP) is 2.17. The van der Waals surface area contributed by atoms with E-state index in [-0.39, 0.29) is 6.03 Å². The maximum atomic E-state index is 11.5. The van der Waals surface area contributed by atoms with Gasteiger partial charge in [-0.15, -0.1) is 0 Å². The van der Waals surface area contributed by atoms with Gasteiger partial charge in [0.15, 0.2) is 0 Å². The Hall–Kier alpha value is -1.31. The molecule has 1 rings (SSSR count). The number of carbonyl (C=O) groups is 2. The highest BCUT2D eigenvalue weighted by atomic mass is 127. The molecule has 0 fully saturated rings. The Bertz CT molecular complexity index is 446. The van der Waals surface area contributed by atoms with Crippen LogP contribution in [0, 0.1) is 3.57 Å². The largest absolute Gasteiger partial charge is 0.465 e. The number of carbonyl (C=O) groups excluding carboxylic acids is 2. The van der Waals surface area contributed by atoms with Crippen molar-refractivity contribution in [3.8, 4) is 0 Å². The van der Waals surface area contributed by atoms with Crippen molar-refractivity contribution < 1.29 is 14.3 Å². The molecule has 6 heteroatoms. The standard InChI is InChI=1S/C11H13IN2O3/c1-14(2)11(16)13-9-5-4-7(12)6-8(9)10(15)17-3/h4-6H,1-3H3,(H,13,16). The average Bonchev–Trinajstić information content (AvgIpc) is 2.30. The maximum Gasteiger partial charge on any atom is 0.340 e. The van der Waals surface area contributed by atoms with Crippen LogP contribution in [0.25, 0.3) is 0 Å². The van der Waals surface area contributed by atoms with E-state index < -0.39 is 5.97 Å². The minimum atomic E-state index is -0.474. The Morgan fingerprint density at radius 3 is 2.53 bits per heavy atom. The van der Waals surface area contributed by atoms with Gasteiger partial charge >= 0.3 is 12.0 Å². The molecule has 0 atom stereocenters. The second-order valence-electron chi connectivity index (χ2n) is 3.51. The number of benzene rings is 1. The number of rotatable bonds is 2. The number of amides is 2. The number of nitrogens with one attached hydrogen (secondary N) is 1. The lowest BCUT2D eigenvalue weighted by atomic mass is 10.2. The Labute approximate surface area is 113 Å². The molecule has 1 aromatic carbocycles. The minimum absolute atomic E-state index is 0.295. The summed E-state index contributed by atoms with van der Waals surface area (Å²) >= 11 is 2.09. The van der Waals surface area contributed by atoms with E-state index in [1.165, 1.54) is 12.0 Å². The van der Waals surface area contributed by atoms with Crippen LogP contribution in [-0.4, -0.2) is 38.1 Å². The fourth-order valence-corrected chi connectivity index (χ4v) is 1.62. The van der Waals surface area contributed by atoms with E-state index in [0.29, 0.717) is 11.3 Å². The summed E-state index contributed by atoms with van der Waals surface area (Å²) in [7, 11) is 4.55. The molecule has 1 N–H and O–H groups in total.